The van der Waals surface area contributed by atoms with Crippen LogP contribution in [0.2, 0.25) is 5.02 Å². The van der Waals surface area contributed by atoms with Crippen LogP contribution in [-0.2, 0) is 27.7 Å². The Bertz CT molecular complexity index is 1160. The van der Waals surface area contributed by atoms with Gasteiger partial charge in [0, 0.05) is 25.2 Å². The number of hydrogen-bond donors (Lipinski definition) is 0. The molecule has 1 fully saturated rings. The minimum atomic E-state index is -3.63. The third kappa shape index (κ3) is 4.65. The van der Waals surface area contributed by atoms with Gasteiger partial charge in [0.25, 0.3) is 5.69 Å². The lowest BCUT2D eigenvalue weighted by molar-refractivity contribution is -0.384. The number of ether oxygens (including phenoxy) is 1. The van der Waals surface area contributed by atoms with E-state index in [4.69, 9.17) is 16.3 Å². The third-order valence-corrected chi connectivity index (χ3v) is 8.27. The normalized spacial score (nSPS) is 17.5. The van der Waals surface area contributed by atoms with Crippen molar-refractivity contribution >= 4 is 33.3 Å². The fourth-order valence-electron chi connectivity index (χ4n) is 4.23. The van der Waals surface area contributed by atoms with Crippen LogP contribution in [0.15, 0.2) is 41.3 Å². The molecule has 2 aromatic rings. The van der Waals surface area contributed by atoms with Gasteiger partial charge in [-0.25, -0.2) is 8.42 Å². The predicted octanol–water partition coefficient (Wildman–Crippen LogP) is 4.13. The summed E-state index contributed by atoms with van der Waals surface area (Å²) < 4.78 is 33.0. The summed E-state index contributed by atoms with van der Waals surface area (Å²) in [6.07, 6.45) is 4.75. The molecule has 0 spiro atoms. The van der Waals surface area contributed by atoms with Crippen molar-refractivity contribution in [3.8, 4) is 5.75 Å². The first kappa shape index (κ1) is 22.7. The zero-order chi connectivity index (χ0) is 22.9. The maximum atomic E-state index is 13.1. The monoisotopic (exact) mass is 478 g/mol. The number of piperidine rings is 1. The first-order valence-corrected chi connectivity index (χ1v) is 12.3. The molecule has 0 atom stereocenters. The van der Waals surface area contributed by atoms with Crippen LogP contribution in [-0.4, -0.2) is 36.7 Å². The smallest absolute Gasteiger partial charge is 0.314 e. The predicted molar refractivity (Wildman–Crippen MR) is 118 cm³/mol. The van der Waals surface area contributed by atoms with Crippen molar-refractivity contribution in [1.29, 1.82) is 0 Å². The van der Waals surface area contributed by atoms with Crippen LogP contribution in [0.1, 0.15) is 36.8 Å². The number of nitro benzene ring substituents is 1. The fraction of sp³-hybridized carbons (Fsp3) is 0.409. The number of hydrogen-bond acceptors (Lipinski definition) is 6. The molecule has 4 rings (SSSR count). The second-order valence-electron chi connectivity index (χ2n) is 8.11. The highest BCUT2D eigenvalue weighted by molar-refractivity contribution is 7.89. The highest BCUT2D eigenvalue weighted by Crippen LogP contribution is 2.32. The quantitative estimate of drug-likeness (QED) is 0.277. The summed E-state index contributed by atoms with van der Waals surface area (Å²) in [5.41, 5.74) is 2.13. The number of sulfonamides is 1. The maximum absolute atomic E-state index is 13.1. The molecule has 0 aromatic heterocycles. The molecule has 8 nitrogen and oxygen atoms in total. The molecule has 0 saturated carbocycles. The molecule has 0 amide bonds. The van der Waals surface area contributed by atoms with E-state index in [1.54, 1.807) is 12.1 Å². The van der Waals surface area contributed by atoms with E-state index >= 15 is 0 Å². The number of fused-ring (bicyclic) bond motifs is 1. The summed E-state index contributed by atoms with van der Waals surface area (Å²) in [6, 6.07) is 9.00. The number of esters is 1. The average Bonchev–Trinajstić information content (AvgIpc) is 2.80. The Morgan fingerprint density at radius 1 is 1.06 bits per heavy atom. The number of rotatable bonds is 5. The zero-order valence-electron chi connectivity index (χ0n) is 17.3. The van der Waals surface area contributed by atoms with Crippen LogP contribution in [0, 0.1) is 16.0 Å². The minimum Gasteiger partial charge on any atom is -0.425 e. The van der Waals surface area contributed by atoms with Crippen molar-refractivity contribution in [2.75, 3.05) is 13.1 Å². The molecule has 1 saturated heterocycles. The molecule has 0 N–H and O–H groups in total. The molecule has 32 heavy (non-hydrogen) atoms. The van der Waals surface area contributed by atoms with Crippen LogP contribution in [0.3, 0.4) is 0 Å². The number of non-ortho nitro benzene ring substituents is 1. The number of carbonyl (C=O) groups excluding carboxylic acids is 1. The van der Waals surface area contributed by atoms with Crippen LogP contribution >= 0.6 is 11.6 Å². The molecule has 1 aliphatic carbocycles. The Morgan fingerprint density at radius 2 is 1.75 bits per heavy atom. The molecule has 0 unspecified atom stereocenters. The molecule has 170 valence electrons. The fourth-order valence-corrected chi connectivity index (χ4v) is 5.96. The van der Waals surface area contributed by atoms with Gasteiger partial charge in [-0.05, 0) is 67.9 Å². The van der Waals surface area contributed by atoms with Crippen molar-refractivity contribution in [2.24, 2.45) is 5.92 Å². The van der Waals surface area contributed by atoms with Crippen molar-refractivity contribution < 1.29 is 22.9 Å². The molecular formula is C22H23ClN2O6S. The molecule has 0 bridgehead atoms. The van der Waals surface area contributed by atoms with Crippen molar-refractivity contribution in [2.45, 2.75) is 43.4 Å². The zero-order valence-corrected chi connectivity index (χ0v) is 18.9. The number of aryl methyl sites for hydroxylation is 2. The largest absolute Gasteiger partial charge is 0.425 e. The molecule has 1 aliphatic heterocycles. The van der Waals surface area contributed by atoms with E-state index in [0.717, 1.165) is 37.3 Å². The minimum absolute atomic E-state index is 0.0278. The molecule has 2 aromatic carbocycles. The lowest BCUT2D eigenvalue weighted by Gasteiger charge is -2.30. The van der Waals surface area contributed by atoms with Gasteiger partial charge in [0.15, 0.2) is 0 Å². The van der Waals surface area contributed by atoms with Gasteiger partial charge in [-0.15, -0.1) is 0 Å². The van der Waals surface area contributed by atoms with Gasteiger partial charge in [-0.3, -0.25) is 14.9 Å². The summed E-state index contributed by atoms with van der Waals surface area (Å²) in [7, 11) is -3.63. The van der Waals surface area contributed by atoms with Crippen LogP contribution in [0.4, 0.5) is 5.69 Å². The van der Waals surface area contributed by atoms with Gasteiger partial charge in [0.1, 0.15) is 5.75 Å². The Balaban J connectivity index is 1.39. The van der Waals surface area contributed by atoms with Gasteiger partial charge < -0.3 is 4.74 Å². The topological polar surface area (TPSA) is 107 Å². The highest BCUT2D eigenvalue weighted by atomic mass is 35.5. The number of nitrogens with zero attached hydrogens (tertiary/aromatic N) is 2. The maximum Gasteiger partial charge on any atom is 0.314 e. The second kappa shape index (κ2) is 9.17. The summed E-state index contributed by atoms with van der Waals surface area (Å²) in [5, 5.41) is 10.8. The molecule has 10 heteroatoms. The summed E-state index contributed by atoms with van der Waals surface area (Å²) in [4.78, 5) is 23.1. The van der Waals surface area contributed by atoms with Gasteiger partial charge >= 0.3 is 5.97 Å². The van der Waals surface area contributed by atoms with Gasteiger partial charge in [-0.1, -0.05) is 17.7 Å². The van der Waals surface area contributed by atoms with E-state index in [1.807, 2.05) is 6.07 Å². The average molecular weight is 479 g/mol. The Kier molecular flexibility index (Phi) is 6.50. The van der Waals surface area contributed by atoms with Crippen LogP contribution in [0.25, 0.3) is 0 Å². The van der Waals surface area contributed by atoms with Crippen molar-refractivity contribution in [3.05, 3.63) is 62.7 Å². The van der Waals surface area contributed by atoms with E-state index < -0.39 is 26.8 Å². The summed E-state index contributed by atoms with van der Waals surface area (Å²) >= 11 is 5.99. The number of nitro groups is 1. The van der Waals surface area contributed by atoms with E-state index in [9.17, 15) is 23.3 Å². The molecular weight excluding hydrogens is 456 g/mol. The third-order valence-electron chi connectivity index (χ3n) is 6.08. The number of benzene rings is 2. The number of carbonyl (C=O) groups is 1. The van der Waals surface area contributed by atoms with Gasteiger partial charge in [-0.2, -0.15) is 4.31 Å². The highest BCUT2D eigenvalue weighted by Gasteiger charge is 2.33. The lowest BCUT2D eigenvalue weighted by Crippen LogP contribution is -2.41. The van der Waals surface area contributed by atoms with E-state index in [0.29, 0.717) is 17.7 Å². The van der Waals surface area contributed by atoms with Crippen molar-refractivity contribution in [1.82, 2.24) is 4.31 Å². The SMILES string of the molecule is O=C(Oc1ccc([N+](=O)[O-])cc1Cl)C1CCN(S(=O)(=O)c2ccc3c(c2)CCCC3)CC1. The summed E-state index contributed by atoms with van der Waals surface area (Å²) in [6.45, 7) is 0.431. The Morgan fingerprint density at radius 3 is 2.41 bits per heavy atom. The van der Waals surface area contributed by atoms with Crippen LogP contribution < -0.4 is 4.74 Å². The molecule has 2 aliphatic rings. The summed E-state index contributed by atoms with van der Waals surface area (Å²) in [5.74, 6) is -0.950. The first-order valence-electron chi connectivity index (χ1n) is 10.5. The van der Waals surface area contributed by atoms with E-state index in [-0.39, 0.29) is 29.5 Å². The van der Waals surface area contributed by atoms with Crippen molar-refractivity contribution in [3.63, 3.8) is 0 Å². The van der Waals surface area contributed by atoms with Gasteiger partial charge in [0.05, 0.1) is 20.8 Å². The Hall–Kier alpha value is -2.49. The molecule has 1 heterocycles. The van der Waals surface area contributed by atoms with E-state index in [1.165, 1.54) is 22.0 Å². The standard InChI is InChI=1S/C22H23ClN2O6S/c23-20-14-18(25(27)28)6-8-21(20)31-22(26)16-9-11-24(12-10-16)32(29,30)19-7-5-15-3-1-2-4-17(15)13-19/h5-8,13-14,16H,1-4,9-12H2. The lowest BCUT2D eigenvalue weighted by atomic mass is 9.92. The van der Waals surface area contributed by atoms with Crippen LogP contribution in [0.5, 0.6) is 5.75 Å². The second-order valence-corrected chi connectivity index (χ2v) is 10.5. The first-order chi connectivity index (χ1) is 15.3. The van der Waals surface area contributed by atoms with Gasteiger partial charge in [0.2, 0.25) is 10.0 Å². The Labute approximate surface area is 191 Å². The van der Waals surface area contributed by atoms with E-state index in [2.05, 4.69) is 0 Å². The molecule has 0 radical (unpaired) electrons. The number of halogens is 1.